The number of rotatable bonds is 7. The molecule has 2 atom stereocenters. The van der Waals surface area contributed by atoms with Crippen molar-refractivity contribution in [1.29, 1.82) is 0 Å². The fraction of sp³-hybridized carbons (Fsp3) is 0.240. The smallest absolute Gasteiger partial charge is 0.336 e. The van der Waals surface area contributed by atoms with Gasteiger partial charge in [-0.15, -0.1) is 0 Å². The van der Waals surface area contributed by atoms with Crippen LogP contribution in [0.3, 0.4) is 0 Å². The van der Waals surface area contributed by atoms with Gasteiger partial charge in [0.05, 0.1) is 5.57 Å². The summed E-state index contributed by atoms with van der Waals surface area (Å²) in [5.41, 5.74) is 2.88. The van der Waals surface area contributed by atoms with Crippen molar-refractivity contribution in [2.24, 2.45) is 10.9 Å². The second kappa shape index (κ2) is 10.2. The van der Waals surface area contributed by atoms with Gasteiger partial charge in [0.15, 0.2) is 0 Å². The molecule has 0 saturated carbocycles. The van der Waals surface area contributed by atoms with E-state index < -0.39 is 23.8 Å². The topological polar surface area (TPSA) is 76.0 Å². The lowest BCUT2D eigenvalue weighted by molar-refractivity contribution is -0.140. The van der Waals surface area contributed by atoms with E-state index in [0.29, 0.717) is 28.4 Å². The van der Waals surface area contributed by atoms with Crippen molar-refractivity contribution >= 4 is 35.3 Å². The highest BCUT2D eigenvalue weighted by molar-refractivity contribution is 6.30. The average molecular weight is 438 g/mol. The van der Waals surface area contributed by atoms with Gasteiger partial charge in [-0.25, -0.2) is 4.79 Å². The van der Waals surface area contributed by atoms with Gasteiger partial charge in [0.2, 0.25) is 0 Å². The molecule has 1 aliphatic heterocycles. The highest BCUT2D eigenvalue weighted by Gasteiger charge is 2.42. The lowest BCUT2D eigenvalue weighted by atomic mass is 9.75. The van der Waals surface area contributed by atoms with Crippen molar-refractivity contribution in [3.63, 3.8) is 0 Å². The molecule has 160 valence electrons. The quantitative estimate of drug-likeness (QED) is 0.578. The fourth-order valence-corrected chi connectivity index (χ4v) is 4.00. The number of carbonyl (C=O) groups excluding carboxylic acids is 1. The maximum Gasteiger partial charge on any atom is 0.336 e. The third kappa shape index (κ3) is 5.30. The molecule has 1 aliphatic rings. The maximum absolute atomic E-state index is 13.0. The first-order chi connectivity index (χ1) is 14.9. The van der Waals surface area contributed by atoms with E-state index in [-0.39, 0.29) is 12.2 Å². The minimum Gasteiger partial charge on any atom is -0.481 e. The van der Waals surface area contributed by atoms with Crippen LogP contribution in [0.4, 0.5) is 0 Å². The van der Waals surface area contributed by atoms with Gasteiger partial charge in [-0.1, -0.05) is 67.1 Å². The van der Waals surface area contributed by atoms with Crippen LogP contribution in [-0.4, -0.2) is 29.4 Å². The fourth-order valence-electron chi connectivity index (χ4n) is 3.80. The van der Waals surface area contributed by atoms with E-state index in [9.17, 15) is 14.7 Å². The van der Waals surface area contributed by atoms with Crippen LogP contribution in [0.25, 0.3) is 6.08 Å². The summed E-state index contributed by atoms with van der Waals surface area (Å²) in [6, 6.07) is 16.6. The molecule has 0 bridgehead atoms. The maximum atomic E-state index is 13.0. The van der Waals surface area contributed by atoms with Crippen molar-refractivity contribution < 1.29 is 19.4 Å². The van der Waals surface area contributed by atoms with Crippen molar-refractivity contribution in [2.45, 2.75) is 26.2 Å². The van der Waals surface area contributed by atoms with Gasteiger partial charge in [0, 0.05) is 22.3 Å². The Kier molecular flexibility index (Phi) is 7.42. The molecule has 0 radical (unpaired) electrons. The zero-order valence-corrected chi connectivity index (χ0v) is 18.2. The van der Waals surface area contributed by atoms with E-state index in [1.165, 1.54) is 0 Å². The van der Waals surface area contributed by atoms with Crippen molar-refractivity contribution in [1.82, 2.24) is 0 Å². The molecule has 0 spiro atoms. The molecule has 1 N–H and O–H groups in total. The molecule has 0 aromatic heterocycles. The number of nitrogens with zero attached hydrogens (tertiary/aromatic N) is 1. The first-order valence-corrected chi connectivity index (χ1v) is 10.4. The van der Waals surface area contributed by atoms with Crippen LogP contribution in [0, 0.1) is 5.92 Å². The molecule has 0 amide bonds. The molecule has 31 heavy (non-hydrogen) atoms. The first-order valence-electron chi connectivity index (χ1n) is 10.1. The van der Waals surface area contributed by atoms with Crippen molar-refractivity contribution in [2.75, 3.05) is 6.61 Å². The summed E-state index contributed by atoms with van der Waals surface area (Å²) in [4.78, 5) is 29.7. The van der Waals surface area contributed by atoms with Crippen LogP contribution >= 0.6 is 11.6 Å². The molecule has 2 aromatic rings. The Morgan fingerprint density at radius 3 is 2.55 bits per heavy atom. The lowest BCUT2D eigenvalue weighted by Gasteiger charge is -2.31. The molecule has 0 saturated heterocycles. The van der Waals surface area contributed by atoms with Gasteiger partial charge in [0.25, 0.3) is 0 Å². The number of ether oxygens (including phenoxy) is 1. The molecular weight excluding hydrogens is 414 g/mol. The monoisotopic (exact) mass is 437 g/mol. The SMILES string of the molecule is CCC1=NC(C)=C(C(=O)OCC=Cc2ccccc2)C(c2cccc(Cl)c2)C1C(=O)O. The number of hydrogen-bond donors (Lipinski definition) is 1. The van der Waals surface area contributed by atoms with Crippen LogP contribution in [0.1, 0.15) is 37.3 Å². The summed E-state index contributed by atoms with van der Waals surface area (Å²) < 4.78 is 5.47. The largest absolute Gasteiger partial charge is 0.481 e. The Morgan fingerprint density at radius 2 is 1.90 bits per heavy atom. The Hall–Kier alpha value is -3.18. The summed E-state index contributed by atoms with van der Waals surface area (Å²) in [6.07, 6.45) is 4.07. The number of esters is 1. The predicted molar refractivity (Wildman–Crippen MR) is 122 cm³/mol. The molecule has 2 unspecified atom stereocenters. The molecule has 1 heterocycles. The summed E-state index contributed by atoms with van der Waals surface area (Å²) in [5, 5.41) is 10.4. The molecule has 6 heteroatoms. The van der Waals surface area contributed by atoms with Crippen molar-refractivity contribution in [3.05, 3.63) is 88.1 Å². The van der Waals surface area contributed by atoms with Crippen LogP contribution < -0.4 is 0 Å². The summed E-state index contributed by atoms with van der Waals surface area (Å²) in [5.74, 6) is -3.30. The number of carboxylic acid groups (broad SMARTS) is 1. The third-order valence-corrected chi connectivity index (χ3v) is 5.42. The van der Waals surface area contributed by atoms with Gasteiger partial charge >= 0.3 is 11.9 Å². The number of hydrogen-bond acceptors (Lipinski definition) is 4. The molecule has 0 aliphatic carbocycles. The Morgan fingerprint density at radius 1 is 1.16 bits per heavy atom. The minimum atomic E-state index is -1.03. The first kappa shape index (κ1) is 22.5. The van der Waals surface area contributed by atoms with Crippen LogP contribution in [0.15, 0.2) is 76.9 Å². The van der Waals surface area contributed by atoms with Gasteiger partial charge in [-0.2, -0.15) is 0 Å². The van der Waals surface area contributed by atoms with E-state index >= 15 is 0 Å². The summed E-state index contributed by atoms with van der Waals surface area (Å²) >= 11 is 6.17. The van der Waals surface area contributed by atoms with Gasteiger partial charge in [0.1, 0.15) is 12.5 Å². The van der Waals surface area contributed by atoms with Crippen LogP contribution in [-0.2, 0) is 14.3 Å². The highest BCUT2D eigenvalue weighted by atomic mass is 35.5. The van der Waals surface area contributed by atoms with Gasteiger partial charge in [-0.3, -0.25) is 9.79 Å². The average Bonchev–Trinajstić information content (AvgIpc) is 2.76. The summed E-state index contributed by atoms with van der Waals surface area (Å²) in [7, 11) is 0. The molecule has 0 fully saturated rings. The number of allylic oxidation sites excluding steroid dienone is 1. The number of aliphatic carboxylic acids is 1. The second-order valence-electron chi connectivity index (χ2n) is 7.22. The van der Waals surface area contributed by atoms with E-state index in [1.54, 1.807) is 37.3 Å². The zero-order chi connectivity index (χ0) is 22.4. The molecule has 3 rings (SSSR count). The Balaban J connectivity index is 1.91. The third-order valence-electron chi connectivity index (χ3n) is 5.18. The standard InChI is InChI=1S/C25H24ClNO4/c1-3-20-23(24(28)29)22(18-12-7-13-19(26)15-18)21(16(2)27-20)25(30)31-14-8-11-17-9-5-4-6-10-17/h4-13,15,22-23H,3,14H2,1-2H3,(H,28,29). The second-order valence-corrected chi connectivity index (χ2v) is 7.65. The number of carboxylic acids is 1. The molecule has 5 nitrogen and oxygen atoms in total. The number of halogens is 1. The number of carbonyl (C=O) groups is 2. The Labute approximate surface area is 186 Å². The van der Waals surface area contributed by atoms with Crippen molar-refractivity contribution in [3.8, 4) is 0 Å². The number of benzene rings is 2. The minimum absolute atomic E-state index is 0.0643. The number of aliphatic imine (C=N–C) groups is 1. The zero-order valence-electron chi connectivity index (χ0n) is 17.4. The Bertz CT molecular complexity index is 1060. The lowest BCUT2D eigenvalue weighted by Crippen LogP contribution is -2.36. The summed E-state index contributed by atoms with van der Waals surface area (Å²) in [6.45, 7) is 3.63. The van der Waals surface area contributed by atoms with E-state index in [4.69, 9.17) is 16.3 Å². The highest BCUT2D eigenvalue weighted by Crippen LogP contribution is 2.40. The van der Waals surface area contributed by atoms with E-state index in [1.807, 2.05) is 43.3 Å². The van der Waals surface area contributed by atoms with E-state index in [0.717, 1.165) is 5.56 Å². The molecule has 2 aromatic carbocycles. The molecular formula is C25H24ClNO4. The van der Waals surface area contributed by atoms with Gasteiger partial charge in [-0.05, 0) is 42.7 Å². The van der Waals surface area contributed by atoms with E-state index in [2.05, 4.69) is 4.99 Å². The normalized spacial score (nSPS) is 18.7. The van der Waals surface area contributed by atoms with Gasteiger partial charge < -0.3 is 9.84 Å². The predicted octanol–water partition coefficient (Wildman–Crippen LogP) is 5.52. The van der Waals surface area contributed by atoms with Crippen LogP contribution in [0.2, 0.25) is 5.02 Å². The van der Waals surface area contributed by atoms with Crippen LogP contribution in [0.5, 0.6) is 0 Å².